The molecule has 3 aromatic rings. The molecule has 7 nitrogen and oxygen atoms in total. The molecule has 0 saturated carbocycles. The number of aromatic nitrogens is 2. The molecule has 2 N–H and O–H groups in total. The minimum atomic E-state index is -4.56. The van der Waals surface area contributed by atoms with Crippen LogP contribution in [0.25, 0.3) is 10.9 Å². The van der Waals surface area contributed by atoms with Gasteiger partial charge in [0.2, 0.25) is 5.91 Å². The van der Waals surface area contributed by atoms with Gasteiger partial charge in [-0.15, -0.1) is 0 Å². The molecule has 34 heavy (non-hydrogen) atoms. The molecule has 0 spiro atoms. The van der Waals surface area contributed by atoms with E-state index in [0.29, 0.717) is 46.0 Å². The quantitative estimate of drug-likeness (QED) is 0.514. The highest BCUT2D eigenvalue weighted by atomic mass is 19.4. The van der Waals surface area contributed by atoms with E-state index in [9.17, 15) is 18.0 Å². The van der Waals surface area contributed by atoms with Gasteiger partial charge in [0, 0.05) is 30.0 Å². The summed E-state index contributed by atoms with van der Waals surface area (Å²) in [4.78, 5) is 20.6. The summed E-state index contributed by atoms with van der Waals surface area (Å²) in [6.45, 7) is 6.69. The third-order valence-corrected chi connectivity index (χ3v) is 5.60. The molecule has 2 heterocycles. The van der Waals surface area contributed by atoms with Gasteiger partial charge in [-0.05, 0) is 50.6 Å². The first-order valence-electron chi connectivity index (χ1n) is 10.8. The number of amides is 1. The van der Waals surface area contributed by atoms with Gasteiger partial charge in [-0.3, -0.25) is 4.79 Å². The third-order valence-electron chi connectivity index (χ3n) is 5.60. The smallest absolute Gasteiger partial charge is 0.416 e. The van der Waals surface area contributed by atoms with Gasteiger partial charge in [0.05, 0.1) is 24.2 Å². The summed E-state index contributed by atoms with van der Waals surface area (Å²) in [5, 5.41) is 6.35. The summed E-state index contributed by atoms with van der Waals surface area (Å²) < 4.78 is 51.9. The zero-order chi connectivity index (χ0) is 24.8. The molecule has 2 atom stereocenters. The van der Waals surface area contributed by atoms with Gasteiger partial charge >= 0.3 is 6.18 Å². The first kappa shape index (κ1) is 23.6. The van der Waals surface area contributed by atoms with Crippen molar-refractivity contribution in [1.82, 2.24) is 9.97 Å². The van der Waals surface area contributed by atoms with Gasteiger partial charge in [0.25, 0.3) is 0 Å². The van der Waals surface area contributed by atoms with Crippen molar-refractivity contribution in [2.75, 3.05) is 17.7 Å². The molecule has 2 unspecified atom stereocenters. The Labute approximate surface area is 194 Å². The predicted octanol–water partition coefficient (Wildman–Crippen LogP) is 5.42. The molecule has 4 rings (SSSR count). The first-order chi connectivity index (χ1) is 16.0. The lowest BCUT2D eigenvalue weighted by atomic mass is 10.0. The van der Waals surface area contributed by atoms with Gasteiger partial charge in [-0.25, -0.2) is 9.97 Å². The molecule has 0 fully saturated rings. The van der Waals surface area contributed by atoms with Gasteiger partial charge < -0.3 is 20.1 Å². The van der Waals surface area contributed by atoms with E-state index >= 15 is 0 Å². The largest absolute Gasteiger partial charge is 0.493 e. The summed E-state index contributed by atoms with van der Waals surface area (Å²) in [5.41, 5.74) is 1.19. The maximum Gasteiger partial charge on any atom is 0.416 e. The number of hydrogen-bond donors (Lipinski definition) is 2. The number of rotatable bonds is 5. The average Bonchev–Trinajstić information content (AvgIpc) is 3.13. The Morgan fingerprint density at radius 3 is 2.62 bits per heavy atom. The Balaban J connectivity index is 1.79. The van der Waals surface area contributed by atoms with Crippen LogP contribution < -0.4 is 20.1 Å². The number of ether oxygens (including phenoxy) is 2. The summed E-state index contributed by atoms with van der Waals surface area (Å²) in [7, 11) is 1.55. The van der Waals surface area contributed by atoms with Crippen molar-refractivity contribution >= 4 is 28.3 Å². The highest BCUT2D eigenvalue weighted by Gasteiger charge is 2.32. The number of alkyl halides is 3. The molecule has 1 amide bonds. The molecule has 0 bridgehead atoms. The molecular weight excluding hydrogens is 449 g/mol. The zero-order valence-electron chi connectivity index (χ0n) is 19.4. The summed E-state index contributed by atoms with van der Waals surface area (Å²) in [6, 6.07) is 4.69. The van der Waals surface area contributed by atoms with Crippen molar-refractivity contribution in [3.8, 4) is 11.5 Å². The molecule has 10 heteroatoms. The van der Waals surface area contributed by atoms with Crippen LogP contribution in [0.5, 0.6) is 11.5 Å². The Hall–Kier alpha value is -3.56. The second-order valence-electron chi connectivity index (χ2n) is 8.42. The fourth-order valence-electron chi connectivity index (χ4n) is 4.14. The van der Waals surface area contributed by atoms with E-state index in [1.807, 2.05) is 6.92 Å². The van der Waals surface area contributed by atoms with Crippen LogP contribution in [0.2, 0.25) is 0 Å². The molecule has 1 aliphatic heterocycles. The number of methoxy groups -OCH3 is 1. The molecule has 1 aromatic heterocycles. The van der Waals surface area contributed by atoms with Crippen LogP contribution >= 0.6 is 0 Å². The standard InChI is InChI=1S/C24H25F3N4O3/c1-11-6-18-21-19(10-20(33-5)22(18)34-11)23(30-13(3)29-21)28-12(2)15-7-16(24(25,26)27)9-17(8-15)31-14(4)32/h7-12H,6H2,1-5H3,(H,31,32)(H,28,29,30). The van der Waals surface area contributed by atoms with E-state index in [1.165, 1.54) is 13.0 Å². The number of nitrogens with zero attached hydrogens (tertiary/aromatic N) is 2. The Morgan fingerprint density at radius 2 is 1.97 bits per heavy atom. The number of carbonyl (C=O) groups excluding carboxylic acids is 1. The maximum atomic E-state index is 13.5. The van der Waals surface area contributed by atoms with Crippen molar-refractivity contribution in [3.05, 3.63) is 46.8 Å². The number of anilines is 2. The molecular formula is C24H25F3N4O3. The van der Waals surface area contributed by atoms with E-state index in [2.05, 4.69) is 20.6 Å². The monoisotopic (exact) mass is 474 g/mol. The molecule has 0 saturated heterocycles. The topological polar surface area (TPSA) is 85.4 Å². The van der Waals surface area contributed by atoms with E-state index in [0.717, 1.165) is 17.7 Å². The third kappa shape index (κ3) is 4.57. The minimum Gasteiger partial charge on any atom is -0.493 e. The highest BCUT2D eigenvalue weighted by Crippen LogP contribution is 2.44. The highest BCUT2D eigenvalue weighted by molar-refractivity contribution is 5.95. The number of fused-ring (bicyclic) bond motifs is 3. The van der Waals surface area contributed by atoms with Crippen LogP contribution in [0.3, 0.4) is 0 Å². The lowest BCUT2D eigenvalue weighted by molar-refractivity contribution is -0.137. The lowest BCUT2D eigenvalue weighted by Gasteiger charge is -2.20. The second-order valence-corrected chi connectivity index (χ2v) is 8.42. The van der Waals surface area contributed by atoms with E-state index in [1.54, 1.807) is 27.0 Å². The summed E-state index contributed by atoms with van der Waals surface area (Å²) >= 11 is 0. The normalized spacial score (nSPS) is 16.1. The number of nitrogens with one attached hydrogen (secondary N) is 2. The minimum absolute atomic E-state index is 0.0302. The van der Waals surface area contributed by atoms with E-state index < -0.39 is 23.7 Å². The van der Waals surface area contributed by atoms with Gasteiger partial charge in [0.1, 0.15) is 17.7 Å². The van der Waals surface area contributed by atoms with Crippen molar-refractivity contribution in [1.29, 1.82) is 0 Å². The fourth-order valence-corrected chi connectivity index (χ4v) is 4.14. The number of halogens is 3. The SMILES string of the molecule is COc1cc2c(NC(C)c3cc(NC(C)=O)cc(C(F)(F)F)c3)nc(C)nc2c2c1OC(C)C2. The van der Waals surface area contributed by atoms with Crippen molar-refractivity contribution in [2.24, 2.45) is 0 Å². The molecule has 180 valence electrons. The number of hydrogen-bond acceptors (Lipinski definition) is 6. The number of carbonyl (C=O) groups is 1. The summed E-state index contributed by atoms with van der Waals surface area (Å²) in [6.07, 6.45) is -3.94. The second kappa shape index (κ2) is 8.66. The van der Waals surface area contributed by atoms with Crippen LogP contribution in [0, 0.1) is 6.92 Å². The lowest BCUT2D eigenvalue weighted by Crippen LogP contribution is -2.14. The Morgan fingerprint density at radius 1 is 1.24 bits per heavy atom. The Bertz CT molecular complexity index is 1280. The molecule has 0 radical (unpaired) electrons. The first-order valence-corrected chi connectivity index (χ1v) is 10.8. The summed E-state index contributed by atoms with van der Waals surface area (Å²) in [5.74, 6) is 1.71. The predicted molar refractivity (Wildman–Crippen MR) is 122 cm³/mol. The van der Waals surface area contributed by atoms with E-state index in [4.69, 9.17) is 9.47 Å². The van der Waals surface area contributed by atoms with Crippen LogP contribution in [0.15, 0.2) is 24.3 Å². The number of aryl methyl sites for hydroxylation is 1. The van der Waals surface area contributed by atoms with Crippen molar-refractivity contribution < 1.29 is 27.4 Å². The fraction of sp³-hybridized carbons (Fsp3) is 0.375. The van der Waals surface area contributed by atoms with Crippen molar-refractivity contribution in [3.63, 3.8) is 0 Å². The molecule has 2 aromatic carbocycles. The van der Waals surface area contributed by atoms with Crippen LogP contribution in [-0.2, 0) is 17.4 Å². The van der Waals surface area contributed by atoms with Crippen molar-refractivity contribution in [2.45, 2.75) is 52.4 Å². The molecule has 1 aliphatic rings. The maximum absolute atomic E-state index is 13.5. The van der Waals surface area contributed by atoms with Gasteiger partial charge in [-0.2, -0.15) is 13.2 Å². The zero-order valence-corrected chi connectivity index (χ0v) is 19.4. The van der Waals surface area contributed by atoms with Gasteiger partial charge in [-0.1, -0.05) is 0 Å². The van der Waals surface area contributed by atoms with Crippen LogP contribution in [0.1, 0.15) is 49.3 Å². The van der Waals surface area contributed by atoms with Crippen LogP contribution in [-0.4, -0.2) is 29.1 Å². The van der Waals surface area contributed by atoms with Gasteiger partial charge in [0.15, 0.2) is 11.5 Å². The number of benzene rings is 2. The van der Waals surface area contributed by atoms with E-state index in [-0.39, 0.29) is 11.8 Å². The average molecular weight is 474 g/mol. The van der Waals surface area contributed by atoms with Crippen LogP contribution in [0.4, 0.5) is 24.7 Å². The molecule has 0 aliphatic carbocycles. The Kier molecular flexibility index (Phi) is 6.01.